The molecule has 2 atom stereocenters. The van der Waals surface area contributed by atoms with Crippen LogP contribution in [0.3, 0.4) is 0 Å². The summed E-state index contributed by atoms with van der Waals surface area (Å²) in [6, 6.07) is 2.53. The van der Waals surface area contributed by atoms with Gasteiger partial charge in [-0.2, -0.15) is 0 Å². The van der Waals surface area contributed by atoms with Crippen LogP contribution < -0.4 is 15.4 Å². The van der Waals surface area contributed by atoms with E-state index in [2.05, 4.69) is 4.98 Å². The van der Waals surface area contributed by atoms with Crippen LogP contribution in [0.15, 0.2) is 12.1 Å². The molecule has 1 amide bonds. The molecule has 7 heteroatoms. The normalized spacial score (nSPS) is 18.1. The number of carbonyl (C=O) groups excluding carboxylic acids is 2. The van der Waals surface area contributed by atoms with Crippen molar-refractivity contribution in [2.24, 2.45) is 5.92 Å². The standard InChI is InChI=1S/C17H25N3O4/c1-5-11(17(22)23-9-10(3)4)20-15-13(7-8-14(18)19-15)24-12(6-2)16(20)21/h7-8,10-12H,5-6,9H2,1-4H3,(H2,18,19). The van der Waals surface area contributed by atoms with Gasteiger partial charge in [0.15, 0.2) is 17.7 Å². The number of rotatable bonds is 6. The third-order valence-corrected chi connectivity index (χ3v) is 3.77. The predicted molar refractivity (Wildman–Crippen MR) is 90.7 cm³/mol. The van der Waals surface area contributed by atoms with Gasteiger partial charge in [-0.25, -0.2) is 9.78 Å². The second-order valence-corrected chi connectivity index (χ2v) is 6.23. The molecular weight excluding hydrogens is 310 g/mol. The van der Waals surface area contributed by atoms with E-state index in [0.29, 0.717) is 25.2 Å². The Labute approximate surface area is 142 Å². The Morgan fingerprint density at radius 2 is 2.12 bits per heavy atom. The van der Waals surface area contributed by atoms with Crippen LogP contribution in [0.4, 0.5) is 11.6 Å². The summed E-state index contributed by atoms with van der Waals surface area (Å²) < 4.78 is 11.0. The van der Waals surface area contributed by atoms with Crippen LogP contribution in [0.5, 0.6) is 5.75 Å². The Bertz CT molecular complexity index is 618. The molecule has 1 aliphatic rings. The van der Waals surface area contributed by atoms with Crippen molar-refractivity contribution in [3.63, 3.8) is 0 Å². The Morgan fingerprint density at radius 3 is 2.71 bits per heavy atom. The quantitative estimate of drug-likeness (QED) is 0.800. The largest absolute Gasteiger partial charge is 0.477 e. The molecular formula is C17H25N3O4. The zero-order valence-corrected chi connectivity index (χ0v) is 14.6. The second kappa shape index (κ2) is 7.51. The lowest BCUT2D eigenvalue weighted by Crippen LogP contribution is -2.54. The van der Waals surface area contributed by atoms with E-state index in [1.54, 1.807) is 12.1 Å². The van der Waals surface area contributed by atoms with Crippen molar-refractivity contribution in [2.75, 3.05) is 17.2 Å². The average Bonchev–Trinajstić information content (AvgIpc) is 2.55. The summed E-state index contributed by atoms with van der Waals surface area (Å²) in [5.41, 5.74) is 5.75. The summed E-state index contributed by atoms with van der Waals surface area (Å²) >= 11 is 0. The van der Waals surface area contributed by atoms with E-state index >= 15 is 0 Å². The van der Waals surface area contributed by atoms with Gasteiger partial charge in [0.25, 0.3) is 5.91 Å². The number of hydrogen-bond acceptors (Lipinski definition) is 6. The Hall–Kier alpha value is -2.31. The minimum Gasteiger partial charge on any atom is -0.477 e. The van der Waals surface area contributed by atoms with E-state index in [1.807, 2.05) is 27.7 Å². The average molecular weight is 335 g/mol. The maximum absolute atomic E-state index is 12.8. The number of aromatic nitrogens is 1. The second-order valence-electron chi connectivity index (χ2n) is 6.23. The first-order chi connectivity index (χ1) is 11.4. The van der Waals surface area contributed by atoms with Crippen LogP contribution in [0.2, 0.25) is 0 Å². The highest BCUT2D eigenvalue weighted by atomic mass is 16.5. The molecule has 0 aliphatic carbocycles. The highest BCUT2D eigenvalue weighted by Gasteiger charge is 2.41. The number of esters is 1. The summed E-state index contributed by atoms with van der Waals surface area (Å²) in [5, 5.41) is 0. The van der Waals surface area contributed by atoms with E-state index in [1.165, 1.54) is 4.90 Å². The maximum atomic E-state index is 12.8. The van der Waals surface area contributed by atoms with Gasteiger partial charge < -0.3 is 15.2 Å². The first kappa shape index (κ1) is 18.0. The van der Waals surface area contributed by atoms with Gasteiger partial charge in [-0.15, -0.1) is 0 Å². The Morgan fingerprint density at radius 1 is 1.42 bits per heavy atom. The fourth-order valence-corrected chi connectivity index (χ4v) is 2.54. The van der Waals surface area contributed by atoms with Crippen LogP contribution in [-0.4, -0.2) is 35.6 Å². The van der Waals surface area contributed by atoms with Crippen molar-refractivity contribution in [1.29, 1.82) is 0 Å². The molecule has 0 saturated carbocycles. The minimum absolute atomic E-state index is 0.219. The molecule has 24 heavy (non-hydrogen) atoms. The molecule has 2 unspecified atom stereocenters. The summed E-state index contributed by atoms with van der Waals surface area (Å²) in [4.78, 5) is 30.9. The number of fused-ring (bicyclic) bond motifs is 1. The number of amides is 1. The van der Waals surface area contributed by atoms with Crippen LogP contribution >= 0.6 is 0 Å². The monoisotopic (exact) mass is 335 g/mol. The first-order valence-corrected chi connectivity index (χ1v) is 8.31. The third kappa shape index (κ3) is 3.60. The fraction of sp³-hybridized carbons (Fsp3) is 0.588. The van der Waals surface area contributed by atoms with Gasteiger partial charge >= 0.3 is 5.97 Å². The maximum Gasteiger partial charge on any atom is 0.329 e. The molecule has 2 heterocycles. The zero-order chi connectivity index (χ0) is 17.9. The molecule has 2 N–H and O–H groups in total. The van der Waals surface area contributed by atoms with Gasteiger partial charge in [0.1, 0.15) is 11.9 Å². The zero-order valence-electron chi connectivity index (χ0n) is 14.6. The van der Waals surface area contributed by atoms with Gasteiger partial charge in [0.2, 0.25) is 0 Å². The fourth-order valence-electron chi connectivity index (χ4n) is 2.54. The lowest BCUT2D eigenvalue weighted by Gasteiger charge is -2.36. The van der Waals surface area contributed by atoms with Gasteiger partial charge in [0.05, 0.1) is 6.61 Å². The molecule has 1 aromatic rings. The molecule has 0 fully saturated rings. The van der Waals surface area contributed by atoms with Crippen LogP contribution in [0.25, 0.3) is 0 Å². The number of nitrogens with two attached hydrogens (primary N) is 1. The minimum atomic E-state index is -0.748. The number of ether oxygens (including phenoxy) is 2. The topological polar surface area (TPSA) is 94.8 Å². The van der Waals surface area contributed by atoms with Crippen LogP contribution in [0.1, 0.15) is 40.5 Å². The number of nitrogen functional groups attached to an aromatic ring is 1. The van der Waals surface area contributed by atoms with Crippen LogP contribution in [0, 0.1) is 5.92 Å². The number of carbonyl (C=O) groups is 2. The third-order valence-electron chi connectivity index (χ3n) is 3.77. The summed E-state index contributed by atoms with van der Waals surface area (Å²) in [6.45, 7) is 7.91. The molecule has 0 radical (unpaired) electrons. The SMILES string of the molecule is CCC1Oc2ccc(N)nc2N(C(CC)C(=O)OCC(C)C)C1=O. The first-order valence-electron chi connectivity index (χ1n) is 8.31. The molecule has 0 spiro atoms. The van der Waals surface area contributed by atoms with Gasteiger partial charge in [-0.3, -0.25) is 9.69 Å². The smallest absolute Gasteiger partial charge is 0.329 e. The molecule has 2 rings (SSSR count). The van der Waals surface area contributed by atoms with Crippen molar-refractivity contribution < 1.29 is 19.1 Å². The molecule has 1 aliphatic heterocycles. The van der Waals surface area contributed by atoms with Crippen molar-refractivity contribution in [2.45, 2.75) is 52.7 Å². The van der Waals surface area contributed by atoms with E-state index in [4.69, 9.17) is 15.2 Å². The van der Waals surface area contributed by atoms with Crippen molar-refractivity contribution in [3.8, 4) is 5.75 Å². The summed E-state index contributed by atoms with van der Waals surface area (Å²) in [7, 11) is 0. The lowest BCUT2D eigenvalue weighted by atomic mass is 10.1. The highest BCUT2D eigenvalue weighted by molar-refractivity contribution is 6.03. The van der Waals surface area contributed by atoms with Gasteiger partial charge in [0, 0.05) is 0 Å². The number of pyridine rings is 1. The van der Waals surface area contributed by atoms with E-state index in [-0.39, 0.29) is 23.5 Å². The van der Waals surface area contributed by atoms with Crippen molar-refractivity contribution in [3.05, 3.63) is 12.1 Å². The predicted octanol–water partition coefficient (Wildman–Crippen LogP) is 2.15. The number of nitrogens with zero attached hydrogens (tertiary/aromatic N) is 2. The molecule has 7 nitrogen and oxygen atoms in total. The summed E-state index contributed by atoms with van der Waals surface area (Å²) in [5.74, 6) is 0.471. The molecule has 0 aromatic carbocycles. The molecule has 0 bridgehead atoms. The molecule has 132 valence electrons. The van der Waals surface area contributed by atoms with Gasteiger partial charge in [-0.05, 0) is 30.9 Å². The number of anilines is 2. The Balaban J connectivity index is 2.38. The highest BCUT2D eigenvalue weighted by Crippen LogP contribution is 2.35. The van der Waals surface area contributed by atoms with Crippen molar-refractivity contribution in [1.82, 2.24) is 4.98 Å². The lowest BCUT2D eigenvalue weighted by molar-refractivity contribution is -0.148. The molecule has 0 saturated heterocycles. The number of hydrogen-bond donors (Lipinski definition) is 1. The van der Waals surface area contributed by atoms with Gasteiger partial charge in [-0.1, -0.05) is 27.7 Å². The van der Waals surface area contributed by atoms with Crippen molar-refractivity contribution >= 4 is 23.5 Å². The van der Waals surface area contributed by atoms with Crippen LogP contribution in [-0.2, 0) is 14.3 Å². The van der Waals surface area contributed by atoms with E-state index in [9.17, 15) is 9.59 Å². The van der Waals surface area contributed by atoms with E-state index in [0.717, 1.165) is 0 Å². The van der Waals surface area contributed by atoms with E-state index < -0.39 is 18.1 Å². The molecule has 1 aromatic heterocycles. The Kier molecular flexibility index (Phi) is 5.64. The summed E-state index contributed by atoms with van der Waals surface area (Å²) in [6.07, 6.45) is 0.265.